The van der Waals surface area contributed by atoms with Crippen molar-refractivity contribution in [2.75, 3.05) is 32.1 Å². The maximum atomic E-state index is 12.3. The maximum Gasteiger partial charge on any atom is 0.310 e. The van der Waals surface area contributed by atoms with Crippen LogP contribution in [0.15, 0.2) is 48.5 Å². The molecule has 0 aliphatic rings. The molecule has 28 heavy (non-hydrogen) atoms. The van der Waals surface area contributed by atoms with Crippen molar-refractivity contribution in [3.8, 4) is 11.5 Å². The zero-order valence-corrected chi connectivity index (χ0v) is 15.6. The molecule has 0 saturated heterocycles. The monoisotopic (exact) mass is 387 g/mol. The van der Waals surface area contributed by atoms with Gasteiger partial charge in [-0.25, -0.2) is 0 Å². The molecular weight excluding hydrogens is 366 g/mol. The lowest BCUT2D eigenvalue weighted by Gasteiger charge is -2.20. The van der Waals surface area contributed by atoms with Gasteiger partial charge in [0.25, 0.3) is 5.91 Å². The highest BCUT2D eigenvalue weighted by Crippen LogP contribution is 2.25. The van der Waals surface area contributed by atoms with Crippen LogP contribution in [-0.2, 0) is 9.59 Å². The van der Waals surface area contributed by atoms with Gasteiger partial charge in [-0.1, -0.05) is 18.2 Å². The number of hydrogen-bond donors (Lipinski definition) is 1. The average molecular weight is 387 g/mol. The van der Waals surface area contributed by atoms with E-state index in [4.69, 9.17) is 9.47 Å². The number of nitro benzene ring substituents is 1. The Balaban J connectivity index is 1.94. The Hall–Kier alpha value is -3.62. The first kappa shape index (κ1) is 20.7. The molecular formula is C19H21N3O6. The molecule has 2 aromatic carbocycles. The Bertz CT molecular complexity index is 855. The highest BCUT2D eigenvalue weighted by Gasteiger charge is 2.19. The second kappa shape index (κ2) is 9.91. The van der Waals surface area contributed by atoms with Crippen molar-refractivity contribution < 1.29 is 24.0 Å². The normalized spacial score (nSPS) is 10.1. The minimum atomic E-state index is -0.584. The molecule has 0 aromatic heterocycles. The van der Waals surface area contributed by atoms with Crippen LogP contribution < -0.4 is 14.8 Å². The summed E-state index contributed by atoms with van der Waals surface area (Å²) in [5.74, 6) is -0.243. The minimum absolute atomic E-state index is 0.00210. The quantitative estimate of drug-likeness (QED) is 0.523. The number of para-hydroxylation sites is 2. The van der Waals surface area contributed by atoms with Crippen molar-refractivity contribution in [1.29, 1.82) is 0 Å². The van der Waals surface area contributed by atoms with Crippen LogP contribution in [-0.4, -0.2) is 48.4 Å². The van der Waals surface area contributed by atoms with E-state index < -0.39 is 17.4 Å². The summed E-state index contributed by atoms with van der Waals surface area (Å²) >= 11 is 0. The SMILES string of the molecule is CCN(CC(=O)Nc1cccc(OC)c1)C(=O)COc1ccccc1[N+](=O)[O-]. The molecule has 9 heteroatoms. The third kappa shape index (κ3) is 5.70. The zero-order chi connectivity index (χ0) is 20.5. The van der Waals surface area contributed by atoms with Crippen LogP contribution >= 0.6 is 0 Å². The first-order chi connectivity index (χ1) is 13.4. The van der Waals surface area contributed by atoms with E-state index >= 15 is 0 Å². The molecule has 2 amide bonds. The number of methoxy groups -OCH3 is 1. The first-order valence-electron chi connectivity index (χ1n) is 8.52. The topological polar surface area (TPSA) is 111 Å². The van der Waals surface area contributed by atoms with Crippen molar-refractivity contribution in [1.82, 2.24) is 4.90 Å². The van der Waals surface area contributed by atoms with Crippen molar-refractivity contribution in [3.63, 3.8) is 0 Å². The van der Waals surface area contributed by atoms with Crippen LogP contribution in [0.3, 0.4) is 0 Å². The smallest absolute Gasteiger partial charge is 0.310 e. The van der Waals surface area contributed by atoms with Crippen LogP contribution in [0.5, 0.6) is 11.5 Å². The fourth-order valence-corrected chi connectivity index (χ4v) is 2.41. The molecule has 0 aliphatic heterocycles. The van der Waals surface area contributed by atoms with Gasteiger partial charge in [0.05, 0.1) is 18.6 Å². The summed E-state index contributed by atoms with van der Waals surface area (Å²) in [5.41, 5.74) is 0.318. The van der Waals surface area contributed by atoms with E-state index in [0.29, 0.717) is 11.4 Å². The Kier molecular flexibility index (Phi) is 7.32. The number of benzene rings is 2. The lowest BCUT2D eigenvalue weighted by atomic mass is 10.3. The third-order valence-electron chi connectivity index (χ3n) is 3.84. The van der Waals surface area contributed by atoms with Gasteiger partial charge in [-0.05, 0) is 25.1 Å². The standard InChI is InChI=1S/C19H21N3O6/c1-3-21(12-18(23)20-14-7-6-8-15(11-14)27-2)19(24)13-28-17-10-5-4-9-16(17)22(25)26/h4-11H,3,12-13H2,1-2H3,(H,20,23). The molecule has 9 nitrogen and oxygen atoms in total. The Morgan fingerprint density at radius 1 is 1.18 bits per heavy atom. The van der Waals surface area contributed by atoms with Gasteiger partial charge in [0.2, 0.25) is 5.91 Å². The molecule has 0 unspecified atom stereocenters. The number of nitro groups is 1. The van der Waals surface area contributed by atoms with Crippen LogP contribution in [0.1, 0.15) is 6.92 Å². The van der Waals surface area contributed by atoms with Crippen LogP contribution in [0.4, 0.5) is 11.4 Å². The lowest BCUT2D eigenvalue weighted by Crippen LogP contribution is -2.40. The lowest BCUT2D eigenvalue weighted by molar-refractivity contribution is -0.385. The Morgan fingerprint density at radius 3 is 2.61 bits per heavy atom. The van der Waals surface area contributed by atoms with Gasteiger partial charge in [0.1, 0.15) is 5.75 Å². The zero-order valence-electron chi connectivity index (χ0n) is 15.6. The van der Waals surface area contributed by atoms with Gasteiger partial charge in [-0.3, -0.25) is 19.7 Å². The number of likely N-dealkylation sites (N-methyl/N-ethyl adjacent to an activating group) is 1. The Morgan fingerprint density at radius 2 is 1.93 bits per heavy atom. The van der Waals surface area contributed by atoms with Crippen LogP contribution in [0.2, 0.25) is 0 Å². The molecule has 0 fully saturated rings. The van der Waals surface area contributed by atoms with Gasteiger partial charge in [0, 0.05) is 24.4 Å². The fraction of sp³-hybridized carbons (Fsp3) is 0.263. The second-order valence-electron chi connectivity index (χ2n) is 5.70. The van der Waals surface area contributed by atoms with E-state index in [1.165, 1.54) is 30.2 Å². The Labute approximate surface area is 162 Å². The summed E-state index contributed by atoms with van der Waals surface area (Å²) in [7, 11) is 1.52. The number of amides is 2. The summed E-state index contributed by atoms with van der Waals surface area (Å²) < 4.78 is 10.4. The molecule has 0 saturated carbocycles. The van der Waals surface area contributed by atoms with Crippen molar-refractivity contribution in [2.24, 2.45) is 0 Å². The first-order valence-corrected chi connectivity index (χ1v) is 8.52. The second-order valence-corrected chi connectivity index (χ2v) is 5.70. The largest absolute Gasteiger partial charge is 0.497 e. The summed E-state index contributed by atoms with van der Waals surface area (Å²) in [6, 6.07) is 12.6. The number of carbonyl (C=O) groups is 2. The van der Waals surface area contributed by atoms with Gasteiger partial charge < -0.3 is 19.7 Å². The maximum absolute atomic E-state index is 12.3. The molecule has 0 heterocycles. The fourth-order valence-electron chi connectivity index (χ4n) is 2.41. The van der Waals surface area contributed by atoms with Crippen molar-refractivity contribution >= 4 is 23.2 Å². The summed E-state index contributed by atoms with van der Waals surface area (Å²) in [6.07, 6.45) is 0. The number of hydrogen-bond acceptors (Lipinski definition) is 6. The van der Waals surface area contributed by atoms with Crippen LogP contribution in [0.25, 0.3) is 0 Å². The third-order valence-corrected chi connectivity index (χ3v) is 3.84. The number of anilines is 1. The van der Waals surface area contributed by atoms with E-state index in [0.717, 1.165) is 0 Å². The minimum Gasteiger partial charge on any atom is -0.497 e. The predicted octanol–water partition coefficient (Wildman–Crippen LogP) is 2.47. The van der Waals surface area contributed by atoms with E-state index in [2.05, 4.69) is 5.32 Å². The van der Waals surface area contributed by atoms with Gasteiger partial charge in [-0.15, -0.1) is 0 Å². The molecule has 0 radical (unpaired) electrons. The van der Waals surface area contributed by atoms with Gasteiger partial charge >= 0.3 is 5.69 Å². The van der Waals surface area contributed by atoms with E-state index in [1.807, 2.05) is 0 Å². The number of ether oxygens (including phenoxy) is 2. The molecule has 0 bridgehead atoms. The van der Waals surface area contributed by atoms with E-state index in [9.17, 15) is 19.7 Å². The summed E-state index contributed by atoms with van der Waals surface area (Å²) in [4.78, 5) is 36.3. The number of rotatable bonds is 9. The molecule has 2 rings (SSSR count). The highest BCUT2D eigenvalue weighted by atomic mass is 16.6. The molecule has 2 aromatic rings. The van der Waals surface area contributed by atoms with Crippen LogP contribution in [0, 0.1) is 10.1 Å². The highest BCUT2D eigenvalue weighted by molar-refractivity contribution is 5.94. The van der Waals surface area contributed by atoms with Gasteiger partial charge in [-0.2, -0.15) is 0 Å². The van der Waals surface area contributed by atoms with E-state index in [1.54, 1.807) is 37.3 Å². The molecule has 148 valence electrons. The molecule has 0 atom stereocenters. The number of carbonyl (C=O) groups excluding carboxylic acids is 2. The molecule has 0 spiro atoms. The van der Waals surface area contributed by atoms with Gasteiger partial charge in [0.15, 0.2) is 12.4 Å². The summed E-state index contributed by atoms with van der Waals surface area (Å²) in [6.45, 7) is 1.42. The van der Waals surface area contributed by atoms with E-state index in [-0.39, 0.29) is 30.4 Å². The number of nitrogens with zero attached hydrogens (tertiary/aromatic N) is 2. The molecule has 1 N–H and O–H groups in total. The average Bonchev–Trinajstić information content (AvgIpc) is 2.70. The molecule has 0 aliphatic carbocycles. The summed E-state index contributed by atoms with van der Waals surface area (Å²) in [5, 5.41) is 13.7. The number of nitrogens with one attached hydrogen (secondary N) is 1. The van der Waals surface area contributed by atoms with Crippen molar-refractivity contribution in [2.45, 2.75) is 6.92 Å². The van der Waals surface area contributed by atoms with Crippen molar-refractivity contribution in [3.05, 3.63) is 58.6 Å². The predicted molar refractivity (Wildman–Crippen MR) is 102 cm³/mol.